The van der Waals surface area contributed by atoms with Gasteiger partial charge in [0.05, 0.1) is 0 Å². The van der Waals surface area contributed by atoms with Crippen LogP contribution in [0, 0.1) is 23.7 Å². The van der Waals surface area contributed by atoms with Crippen LogP contribution in [0.1, 0.15) is 107 Å². The van der Waals surface area contributed by atoms with Gasteiger partial charge in [-0.1, -0.05) is 165 Å². The Balaban J connectivity index is 0.000000165. The normalized spacial score (nSPS) is 21.0. The Morgan fingerprint density at radius 1 is 0.452 bits per heavy atom. The van der Waals surface area contributed by atoms with E-state index < -0.39 is 0 Å². The fraction of sp³-hybridized carbons (Fsp3) is 0.273. The molecule has 6 aromatic carbocycles. The van der Waals surface area contributed by atoms with Crippen molar-refractivity contribution in [3.8, 4) is 34.5 Å². The predicted octanol–water partition coefficient (Wildman–Crippen LogP) is 17.3. The lowest BCUT2D eigenvalue weighted by atomic mass is 9.73. The van der Waals surface area contributed by atoms with Crippen LogP contribution in [-0.2, 0) is 5.41 Å². The summed E-state index contributed by atoms with van der Waals surface area (Å²) in [5.74, 6) is 6.35. The molecule has 73 heavy (non-hydrogen) atoms. The summed E-state index contributed by atoms with van der Waals surface area (Å²) in [4.78, 5) is 0. The number of hydrogen-bond donors (Lipinski definition) is 6. The van der Waals surface area contributed by atoms with Gasteiger partial charge in [0.2, 0.25) is 0 Å². The molecule has 7 heteroatoms. The molecule has 6 N–H and O–H groups in total. The van der Waals surface area contributed by atoms with Crippen molar-refractivity contribution in [2.75, 3.05) is 0 Å². The van der Waals surface area contributed by atoms with Crippen LogP contribution in [0.5, 0.6) is 34.5 Å². The van der Waals surface area contributed by atoms with E-state index in [2.05, 4.69) is 66.8 Å². The van der Waals surface area contributed by atoms with Crippen molar-refractivity contribution in [1.82, 2.24) is 0 Å². The zero-order valence-corrected chi connectivity index (χ0v) is 44.2. The maximum atomic E-state index is 9.46. The van der Waals surface area contributed by atoms with E-state index in [0.29, 0.717) is 40.4 Å². The maximum Gasteiger partial charge on any atom is 0.115 e. The Kier molecular flexibility index (Phi) is 22.2. The summed E-state index contributed by atoms with van der Waals surface area (Å²) in [6.07, 6.45) is 39.5. The molecule has 0 aromatic heterocycles. The van der Waals surface area contributed by atoms with Gasteiger partial charge in [-0.3, -0.25) is 0 Å². The molecule has 2 fully saturated rings. The van der Waals surface area contributed by atoms with E-state index in [4.69, 9.17) is 20.4 Å². The minimum Gasteiger partial charge on any atom is -0.508 e. The Morgan fingerprint density at radius 2 is 0.945 bits per heavy atom. The van der Waals surface area contributed by atoms with Crippen LogP contribution in [0.4, 0.5) is 0 Å². The van der Waals surface area contributed by atoms with Gasteiger partial charge in [0.1, 0.15) is 34.5 Å². The van der Waals surface area contributed by atoms with Crippen LogP contribution in [0.25, 0.3) is 5.57 Å². The van der Waals surface area contributed by atoms with Gasteiger partial charge in [0.15, 0.2) is 0 Å². The van der Waals surface area contributed by atoms with E-state index in [1.54, 1.807) is 97.1 Å². The number of phenols is 6. The molecule has 7 aliphatic rings. The van der Waals surface area contributed by atoms with Gasteiger partial charge >= 0.3 is 0 Å². The molecule has 13 rings (SSSR count). The van der Waals surface area contributed by atoms with Crippen LogP contribution in [0.15, 0.2) is 225 Å². The van der Waals surface area contributed by atoms with Crippen LogP contribution in [0.2, 0.25) is 0 Å². The number of rotatable bonds is 4. The second kappa shape index (κ2) is 29.1. The lowest BCUT2D eigenvalue weighted by molar-refractivity contribution is 0.398. The SMILES string of the molecule is C1=CC2C3C=CC(C3)C2C1.C1=CCC=C1.I.Oc1ccc(C2(c3ccc(O)cc3)CCCC2)cc1.Oc1ccc(C2=CCCC2)cc1.Oc1ccc(C2C=CCC2)cc1.Oc1ccccc1.Oc1ccccc1.[HH]. The number of hydrogen-bond acceptors (Lipinski definition) is 6. The van der Waals surface area contributed by atoms with E-state index >= 15 is 0 Å². The zero-order valence-electron chi connectivity index (χ0n) is 41.8. The van der Waals surface area contributed by atoms with Gasteiger partial charge in [0.25, 0.3) is 0 Å². The van der Waals surface area contributed by atoms with Crippen LogP contribution in [0.3, 0.4) is 0 Å². The quantitative estimate of drug-likeness (QED) is 0.0773. The molecule has 5 unspecified atom stereocenters. The van der Waals surface area contributed by atoms with Crippen molar-refractivity contribution in [3.05, 3.63) is 247 Å². The number of para-hydroxylation sites is 2. The van der Waals surface area contributed by atoms with E-state index in [1.165, 1.54) is 85.6 Å². The lowest BCUT2D eigenvalue weighted by Crippen LogP contribution is -2.23. The molecule has 2 saturated carbocycles. The summed E-state index contributed by atoms with van der Waals surface area (Å²) in [6, 6.07) is 47.5. The van der Waals surface area contributed by atoms with E-state index in [1.807, 2.05) is 60.7 Å². The molecule has 382 valence electrons. The van der Waals surface area contributed by atoms with Crippen LogP contribution in [-0.4, -0.2) is 30.6 Å². The van der Waals surface area contributed by atoms with Gasteiger partial charge in [-0.2, -0.15) is 0 Å². The van der Waals surface area contributed by atoms with E-state index in [0.717, 1.165) is 42.9 Å². The molecule has 2 bridgehead atoms. The van der Waals surface area contributed by atoms with Gasteiger partial charge in [-0.25, -0.2) is 0 Å². The highest BCUT2D eigenvalue weighted by Crippen LogP contribution is 2.52. The fourth-order valence-electron chi connectivity index (χ4n) is 10.7. The van der Waals surface area contributed by atoms with Gasteiger partial charge in [0, 0.05) is 12.8 Å². The molecule has 0 amide bonds. The fourth-order valence-corrected chi connectivity index (χ4v) is 10.7. The first-order chi connectivity index (χ1) is 35.2. The first-order valence-electron chi connectivity index (χ1n) is 25.8. The van der Waals surface area contributed by atoms with Crippen molar-refractivity contribution in [3.63, 3.8) is 0 Å². The highest BCUT2D eigenvalue weighted by molar-refractivity contribution is 14.0. The summed E-state index contributed by atoms with van der Waals surface area (Å²) in [6.45, 7) is 0. The average molecular weight is 1090 g/mol. The Bertz CT molecular complexity index is 2610. The number of fused-ring (bicyclic) bond motifs is 5. The third-order valence-electron chi connectivity index (χ3n) is 14.5. The van der Waals surface area contributed by atoms with Gasteiger partial charge in [-0.05, 0) is 189 Å². The van der Waals surface area contributed by atoms with E-state index in [-0.39, 0.29) is 30.8 Å². The molecule has 0 saturated heterocycles. The lowest BCUT2D eigenvalue weighted by Gasteiger charge is -2.30. The van der Waals surface area contributed by atoms with Crippen molar-refractivity contribution >= 4 is 29.5 Å². The summed E-state index contributed by atoms with van der Waals surface area (Å²) >= 11 is 0. The average Bonchev–Trinajstić information content (AvgIpc) is 4.26. The minimum absolute atomic E-state index is 0. The van der Waals surface area contributed by atoms with Crippen molar-refractivity contribution in [2.24, 2.45) is 23.7 Å². The summed E-state index contributed by atoms with van der Waals surface area (Å²) in [5.41, 5.74) is 6.55. The van der Waals surface area contributed by atoms with E-state index in [9.17, 15) is 10.2 Å². The van der Waals surface area contributed by atoms with Crippen LogP contribution < -0.4 is 0 Å². The molecule has 0 heterocycles. The third kappa shape index (κ3) is 16.9. The number of allylic oxidation sites excluding steroid dienone is 12. The van der Waals surface area contributed by atoms with Crippen LogP contribution >= 0.6 is 24.0 Å². The second-order valence-corrected chi connectivity index (χ2v) is 19.4. The third-order valence-corrected chi connectivity index (χ3v) is 14.5. The maximum absolute atomic E-state index is 9.46. The molecule has 0 aliphatic heterocycles. The standard InChI is InChI=1S/C17H18O2.2C11H12O.C10H12.2C6H6O.C5H6.HI.H2/c18-15-7-3-13(4-8-15)17(11-1-2-12-17)14-5-9-16(19)10-6-14;2*12-11-7-5-10(6-8-11)9-3-1-2-4-9;1-2-9-7-4-5-8(6-7)10(9)3-1;2*7-6-4-2-1-3-5-6;1-2-4-5-3-1;;/h3-10,18-19H,1-2,11-12H2;3,5-8,12H,1-2,4H2;1,3,5-9,12H,2,4H2;1-2,4-5,7-10H,3,6H2;2*1-5,7H;1-4H,5H2;2*1H. The number of halogens is 1. The topological polar surface area (TPSA) is 121 Å². The molecule has 0 spiro atoms. The van der Waals surface area contributed by atoms with Crippen molar-refractivity contribution < 1.29 is 32.1 Å². The zero-order chi connectivity index (χ0) is 50.4. The summed E-state index contributed by atoms with van der Waals surface area (Å²) in [7, 11) is 0. The second-order valence-electron chi connectivity index (χ2n) is 19.4. The first-order valence-corrected chi connectivity index (χ1v) is 25.8. The molecule has 0 radical (unpaired) electrons. The summed E-state index contributed by atoms with van der Waals surface area (Å²) < 4.78 is 0. The monoisotopic (exact) mass is 1090 g/mol. The predicted molar refractivity (Wildman–Crippen MR) is 313 cm³/mol. The number of aromatic hydroxyl groups is 6. The smallest absolute Gasteiger partial charge is 0.115 e. The molecule has 6 nitrogen and oxygen atoms in total. The molecular formula is C66H75IO6. The summed E-state index contributed by atoms with van der Waals surface area (Å²) in [5, 5.41) is 54.3. The Labute approximate surface area is 452 Å². The largest absolute Gasteiger partial charge is 0.508 e. The van der Waals surface area contributed by atoms with Crippen molar-refractivity contribution in [1.29, 1.82) is 0 Å². The highest BCUT2D eigenvalue weighted by atomic mass is 127. The Hall–Kier alpha value is -6.71. The first kappa shape index (κ1) is 55.6. The van der Waals surface area contributed by atoms with Gasteiger partial charge in [-0.15, -0.1) is 24.0 Å². The molecule has 7 aliphatic carbocycles. The highest BCUT2D eigenvalue weighted by Gasteiger charge is 2.44. The number of benzene rings is 6. The Morgan fingerprint density at radius 3 is 1.37 bits per heavy atom. The van der Waals surface area contributed by atoms with Gasteiger partial charge < -0.3 is 30.6 Å². The minimum atomic E-state index is 0. The molecule has 6 aromatic rings. The molecule has 5 atom stereocenters. The molecular weight excluding hydrogens is 1020 g/mol. The van der Waals surface area contributed by atoms with Crippen molar-refractivity contribution in [2.45, 2.75) is 88.4 Å². The number of phenolic OH excluding ortho intramolecular Hbond substituents is 6.